The zero-order valence-corrected chi connectivity index (χ0v) is 18.1. The maximum absolute atomic E-state index is 12.8. The Morgan fingerprint density at radius 2 is 1.87 bits per heavy atom. The molecule has 6 nitrogen and oxygen atoms in total. The van der Waals surface area contributed by atoms with Crippen LogP contribution >= 0.6 is 11.6 Å². The smallest absolute Gasteiger partial charge is 0.322 e. The van der Waals surface area contributed by atoms with Crippen LogP contribution in [0.5, 0.6) is 5.75 Å². The third-order valence-corrected chi connectivity index (χ3v) is 5.58. The molecule has 2 heterocycles. The van der Waals surface area contributed by atoms with E-state index in [1.54, 1.807) is 6.20 Å². The standard InChI is InChI=1S/C24H25ClN4O2/c1-18-16-28(23-22(25)8-5-13-26-23)14-15-29(18)24(30)27-20-9-11-21(12-10-20)31-17-19-6-3-2-4-7-19/h2-13,18H,14-17H2,1H3,(H,27,30). The molecule has 0 aliphatic carbocycles. The monoisotopic (exact) mass is 436 g/mol. The molecule has 31 heavy (non-hydrogen) atoms. The van der Waals surface area contributed by atoms with Crippen molar-refractivity contribution in [3.8, 4) is 5.75 Å². The quantitative estimate of drug-likeness (QED) is 0.607. The van der Waals surface area contributed by atoms with Crippen LogP contribution < -0.4 is 15.0 Å². The van der Waals surface area contributed by atoms with E-state index in [1.165, 1.54) is 0 Å². The average molecular weight is 437 g/mol. The molecule has 0 radical (unpaired) electrons. The normalized spacial score (nSPS) is 16.1. The molecule has 7 heteroatoms. The summed E-state index contributed by atoms with van der Waals surface area (Å²) in [5.74, 6) is 1.53. The third-order valence-electron chi connectivity index (χ3n) is 5.28. The third kappa shape index (κ3) is 5.27. The van der Waals surface area contributed by atoms with Crippen LogP contribution in [0.1, 0.15) is 12.5 Å². The van der Waals surface area contributed by atoms with E-state index in [0.29, 0.717) is 31.3 Å². The summed E-state index contributed by atoms with van der Waals surface area (Å²) in [6.45, 7) is 4.49. The van der Waals surface area contributed by atoms with Gasteiger partial charge < -0.3 is 19.9 Å². The Labute approximate surface area is 187 Å². The molecule has 1 fully saturated rings. The number of aromatic nitrogens is 1. The number of anilines is 2. The molecule has 1 atom stereocenters. The van der Waals surface area contributed by atoms with Crippen molar-refractivity contribution in [1.82, 2.24) is 9.88 Å². The summed E-state index contributed by atoms with van der Waals surface area (Å²) in [6, 6.07) is 21.0. The lowest BCUT2D eigenvalue weighted by molar-refractivity contribution is 0.184. The predicted octanol–water partition coefficient (Wildman–Crippen LogP) is 5.06. The maximum Gasteiger partial charge on any atom is 0.322 e. The fourth-order valence-corrected chi connectivity index (χ4v) is 3.87. The Balaban J connectivity index is 1.30. The number of nitrogens with one attached hydrogen (secondary N) is 1. The molecule has 0 saturated carbocycles. The highest BCUT2D eigenvalue weighted by Crippen LogP contribution is 2.25. The highest BCUT2D eigenvalue weighted by Gasteiger charge is 2.28. The van der Waals surface area contributed by atoms with Gasteiger partial charge in [-0.15, -0.1) is 0 Å². The molecule has 2 amide bonds. The molecule has 1 aliphatic heterocycles. The Morgan fingerprint density at radius 3 is 2.58 bits per heavy atom. The number of carbonyl (C=O) groups is 1. The first-order valence-electron chi connectivity index (χ1n) is 10.3. The van der Waals surface area contributed by atoms with Gasteiger partial charge in [0.25, 0.3) is 0 Å². The molecule has 0 spiro atoms. The van der Waals surface area contributed by atoms with Crippen LogP contribution in [0.25, 0.3) is 0 Å². The van der Waals surface area contributed by atoms with E-state index in [1.807, 2.05) is 78.6 Å². The van der Waals surface area contributed by atoms with E-state index in [-0.39, 0.29) is 12.1 Å². The maximum atomic E-state index is 12.8. The van der Waals surface area contributed by atoms with Crippen molar-refractivity contribution in [3.05, 3.63) is 83.5 Å². The number of ether oxygens (including phenoxy) is 1. The minimum absolute atomic E-state index is 0.0281. The van der Waals surface area contributed by atoms with Gasteiger partial charge in [0.05, 0.1) is 5.02 Å². The Morgan fingerprint density at radius 1 is 1.10 bits per heavy atom. The van der Waals surface area contributed by atoms with E-state index in [0.717, 1.165) is 22.8 Å². The number of urea groups is 1. The van der Waals surface area contributed by atoms with Crippen molar-refractivity contribution < 1.29 is 9.53 Å². The molecule has 1 N–H and O–H groups in total. The topological polar surface area (TPSA) is 57.7 Å². The summed E-state index contributed by atoms with van der Waals surface area (Å²) >= 11 is 6.27. The van der Waals surface area contributed by atoms with Crippen molar-refractivity contribution >= 4 is 29.1 Å². The van der Waals surface area contributed by atoms with E-state index >= 15 is 0 Å². The summed E-state index contributed by atoms with van der Waals surface area (Å²) in [4.78, 5) is 21.1. The van der Waals surface area contributed by atoms with Crippen LogP contribution in [0.4, 0.5) is 16.3 Å². The zero-order valence-electron chi connectivity index (χ0n) is 17.4. The van der Waals surface area contributed by atoms with Gasteiger partial charge in [-0.2, -0.15) is 0 Å². The molecule has 1 unspecified atom stereocenters. The van der Waals surface area contributed by atoms with Crippen LogP contribution in [0.15, 0.2) is 72.9 Å². The highest BCUT2D eigenvalue weighted by atomic mass is 35.5. The molecular weight excluding hydrogens is 412 g/mol. The molecule has 1 aliphatic rings. The van der Waals surface area contributed by atoms with Crippen LogP contribution in [-0.2, 0) is 6.61 Å². The second kappa shape index (κ2) is 9.71. The first-order valence-corrected chi connectivity index (χ1v) is 10.7. The van der Waals surface area contributed by atoms with Crippen molar-refractivity contribution in [1.29, 1.82) is 0 Å². The second-order valence-corrected chi connectivity index (χ2v) is 7.93. The molecule has 1 aromatic heterocycles. The van der Waals surface area contributed by atoms with Crippen molar-refractivity contribution in [2.24, 2.45) is 0 Å². The van der Waals surface area contributed by atoms with E-state index in [4.69, 9.17) is 16.3 Å². The number of hydrogen-bond acceptors (Lipinski definition) is 4. The number of halogens is 1. The van der Waals surface area contributed by atoms with Gasteiger partial charge >= 0.3 is 6.03 Å². The van der Waals surface area contributed by atoms with Crippen LogP contribution in [0.3, 0.4) is 0 Å². The number of rotatable bonds is 5. The van der Waals surface area contributed by atoms with Crippen LogP contribution in [-0.4, -0.2) is 41.6 Å². The number of benzene rings is 2. The predicted molar refractivity (Wildman–Crippen MR) is 124 cm³/mol. The van der Waals surface area contributed by atoms with Gasteiger partial charge in [0.2, 0.25) is 0 Å². The van der Waals surface area contributed by atoms with Crippen LogP contribution in [0, 0.1) is 0 Å². The summed E-state index contributed by atoms with van der Waals surface area (Å²) in [5, 5.41) is 3.61. The first kappa shape index (κ1) is 21.0. The summed E-state index contributed by atoms with van der Waals surface area (Å²) in [5.41, 5.74) is 1.85. The average Bonchev–Trinajstić information content (AvgIpc) is 2.79. The van der Waals surface area contributed by atoms with Gasteiger partial charge in [-0.05, 0) is 48.9 Å². The lowest BCUT2D eigenvalue weighted by Gasteiger charge is -2.40. The molecule has 2 aromatic carbocycles. The molecule has 4 rings (SSSR count). The van der Waals surface area contributed by atoms with Crippen molar-refractivity contribution in [2.45, 2.75) is 19.6 Å². The van der Waals surface area contributed by atoms with E-state index < -0.39 is 0 Å². The van der Waals surface area contributed by atoms with Crippen molar-refractivity contribution in [3.63, 3.8) is 0 Å². The second-order valence-electron chi connectivity index (χ2n) is 7.53. The number of amides is 2. The Hall–Kier alpha value is -3.25. The highest BCUT2D eigenvalue weighted by molar-refractivity contribution is 6.32. The SMILES string of the molecule is CC1CN(c2ncccc2Cl)CCN1C(=O)Nc1ccc(OCc2ccccc2)cc1. The fraction of sp³-hybridized carbons (Fsp3) is 0.250. The molecular formula is C24H25ClN4O2. The molecule has 3 aromatic rings. The minimum Gasteiger partial charge on any atom is -0.489 e. The summed E-state index contributed by atoms with van der Waals surface area (Å²) in [7, 11) is 0. The molecule has 0 bridgehead atoms. The first-order chi connectivity index (χ1) is 15.1. The number of piperazine rings is 1. The summed E-state index contributed by atoms with van der Waals surface area (Å²) < 4.78 is 5.80. The molecule has 160 valence electrons. The minimum atomic E-state index is -0.114. The van der Waals surface area contributed by atoms with Gasteiger partial charge in [-0.1, -0.05) is 41.9 Å². The van der Waals surface area contributed by atoms with E-state index in [9.17, 15) is 4.79 Å². The number of nitrogens with zero attached hydrogens (tertiary/aromatic N) is 3. The number of pyridine rings is 1. The lowest BCUT2D eigenvalue weighted by Crippen LogP contribution is -2.55. The van der Waals surface area contributed by atoms with Gasteiger partial charge in [-0.3, -0.25) is 0 Å². The van der Waals surface area contributed by atoms with Gasteiger partial charge in [0.15, 0.2) is 0 Å². The molecule has 1 saturated heterocycles. The van der Waals surface area contributed by atoms with Gasteiger partial charge in [0, 0.05) is 37.6 Å². The van der Waals surface area contributed by atoms with E-state index in [2.05, 4.69) is 15.2 Å². The largest absolute Gasteiger partial charge is 0.489 e. The number of carbonyl (C=O) groups excluding carboxylic acids is 1. The Kier molecular flexibility index (Phi) is 6.57. The Bertz CT molecular complexity index is 1010. The summed E-state index contributed by atoms with van der Waals surface area (Å²) in [6.07, 6.45) is 1.73. The zero-order chi connectivity index (χ0) is 21.6. The lowest BCUT2D eigenvalue weighted by atomic mass is 10.2. The van der Waals surface area contributed by atoms with Gasteiger partial charge in [0.1, 0.15) is 18.2 Å². The number of hydrogen-bond donors (Lipinski definition) is 1. The van der Waals surface area contributed by atoms with Gasteiger partial charge in [-0.25, -0.2) is 9.78 Å². The van der Waals surface area contributed by atoms with Crippen LogP contribution in [0.2, 0.25) is 5.02 Å². The fourth-order valence-electron chi connectivity index (χ4n) is 3.63. The van der Waals surface area contributed by atoms with Crippen molar-refractivity contribution in [2.75, 3.05) is 29.9 Å².